The van der Waals surface area contributed by atoms with Gasteiger partial charge in [-0.15, -0.1) is 0 Å². The van der Waals surface area contributed by atoms with Gasteiger partial charge in [-0.25, -0.2) is 0 Å². The molecule has 7 nitrogen and oxygen atoms in total. The minimum absolute atomic E-state index is 0.245. The van der Waals surface area contributed by atoms with Crippen LogP contribution >= 0.6 is 12.6 Å². The second kappa shape index (κ2) is 16.1. The first-order chi connectivity index (χ1) is 10.3. The molecule has 22 heavy (non-hydrogen) atoms. The molecule has 0 heterocycles. The minimum atomic E-state index is -0.859. The largest absolute Gasteiger partial charge is 0.481 e. The van der Waals surface area contributed by atoms with Gasteiger partial charge in [-0.1, -0.05) is 25.7 Å². The summed E-state index contributed by atoms with van der Waals surface area (Å²) in [7, 11) is 1.59. The molecule has 0 amide bonds. The zero-order valence-electron chi connectivity index (χ0n) is 13.0. The predicted octanol–water partition coefficient (Wildman–Crippen LogP) is 1.87. The Morgan fingerprint density at radius 3 is 1.41 bits per heavy atom. The van der Waals surface area contributed by atoms with E-state index in [9.17, 15) is 14.4 Å². The Hall–Kier alpha value is -1.28. The lowest BCUT2D eigenvalue weighted by Gasteiger charge is -2.04. The Morgan fingerprint density at radius 2 is 1.23 bits per heavy atom. The second-order valence-corrected chi connectivity index (χ2v) is 5.14. The molecule has 0 spiro atoms. The molecule has 0 aliphatic rings. The molecule has 0 saturated heterocycles. The van der Waals surface area contributed by atoms with Gasteiger partial charge >= 0.3 is 17.9 Å². The molecule has 0 aromatic heterocycles. The van der Waals surface area contributed by atoms with E-state index >= 15 is 0 Å². The topological polar surface area (TPSA) is 124 Å². The summed E-state index contributed by atoms with van der Waals surface area (Å²) in [4.78, 5) is 30.3. The van der Waals surface area contributed by atoms with E-state index in [1.807, 2.05) is 0 Å². The molecule has 0 aromatic carbocycles. The minimum Gasteiger partial charge on any atom is -0.481 e. The molecule has 0 saturated carbocycles. The van der Waals surface area contributed by atoms with E-state index in [1.54, 1.807) is 7.05 Å². The van der Waals surface area contributed by atoms with Crippen molar-refractivity contribution in [3.05, 3.63) is 0 Å². The van der Waals surface area contributed by atoms with Gasteiger partial charge in [0.2, 0.25) is 0 Å². The number of unbranched alkanes of at least 4 members (excludes halogenated alkanes) is 5. The van der Waals surface area contributed by atoms with Crippen LogP contribution in [0.15, 0.2) is 0 Å². The van der Waals surface area contributed by atoms with Crippen LogP contribution in [-0.4, -0.2) is 52.1 Å². The number of likely N-dealkylation sites (N-methyl/N-ethyl adjacent to an activating group) is 1. The highest BCUT2D eigenvalue weighted by Gasteiger charge is 2.10. The number of carbonyl (C=O) groups is 3. The maximum atomic E-state index is 10.1. The van der Waals surface area contributed by atoms with Crippen molar-refractivity contribution in [3.8, 4) is 0 Å². The van der Waals surface area contributed by atoms with E-state index in [4.69, 9.17) is 15.3 Å². The smallest absolute Gasteiger partial charge is 0.321 e. The summed E-state index contributed by atoms with van der Waals surface area (Å²) in [6.45, 7) is 0. The van der Waals surface area contributed by atoms with Gasteiger partial charge in [0, 0.05) is 18.6 Å². The number of hydrogen-bond acceptors (Lipinski definition) is 5. The fourth-order valence-electron chi connectivity index (χ4n) is 1.55. The van der Waals surface area contributed by atoms with Crippen LogP contribution in [0.3, 0.4) is 0 Å². The third-order valence-corrected chi connectivity index (χ3v) is 3.23. The SMILES string of the molecule is CNC(CS)C(=O)O.O=C(O)CCCCCCCCC(=O)O. The predicted molar refractivity (Wildman–Crippen MR) is 86.5 cm³/mol. The number of hydrogen-bond donors (Lipinski definition) is 5. The summed E-state index contributed by atoms with van der Waals surface area (Å²) in [6.07, 6.45) is 5.82. The molecule has 0 aliphatic carbocycles. The van der Waals surface area contributed by atoms with Gasteiger partial charge in [0.15, 0.2) is 0 Å². The normalized spacial score (nSPS) is 11.2. The molecule has 8 heteroatoms. The molecule has 4 N–H and O–H groups in total. The van der Waals surface area contributed by atoms with Crippen LogP contribution in [0.4, 0.5) is 0 Å². The van der Waals surface area contributed by atoms with Crippen molar-refractivity contribution >= 4 is 30.5 Å². The lowest BCUT2D eigenvalue weighted by atomic mass is 10.1. The maximum Gasteiger partial charge on any atom is 0.321 e. The Kier molecular flexibility index (Phi) is 16.8. The van der Waals surface area contributed by atoms with Crippen LogP contribution in [-0.2, 0) is 14.4 Å². The van der Waals surface area contributed by atoms with Crippen molar-refractivity contribution in [2.45, 2.75) is 57.4 Å². The third-order valence-electron chi connectivity index (χ3n) is 2.86. The molecule has 1 atom stereocenters. The molecule has 0 aliphatic heterocycles. The summed E-state index contributed by atoms with van der Waals surface area (Å²) < 4.78 is 0. The van der Waals surface area contributed by atoms with Gasteiger partial charge in [-0.3, -0.25) is 14.4 Å². The van der Waals surface area contributed by atoms with E-state index in [2.05, 4.69) is 17.9 Å². The molecule has 0 fully saturated rings. The van der Waals surface area contributed by atoms with Crippen molar-refractivity contribution in [1.82, 2.24) is 5.32 Å². The van der Waals surface area contributed by atoms with E-state index in [0.717, 1.165) is 38.5 Å². The second-order valence-electron chi connectivity index (χ2n) is 4.77. The zero-order valence-corrected chi connectivity index (χ0v) is 13.8. The van der Waals surface area contributed by atoms with E-state index in [0.29, 0.717) is 5.75 Å². The number of nitrogens with one attached hydrogen (secondary N) is 1. The summed E-state index contributed by atoms with van der Waals surface area (Å²) in [5.41, 5.74) is 0. The summed E-state index contributed by atoms with van der Waals surface area (Å²) >= 11 is 3.79. The Morgan fingerprint density at radius 1 is 0.864 bits per heavy atom. The molecule has 0 bridgehead atoms. The number of rotatable bonds is 12. The highest BCUT2D eigenvalue weighted by Crippen LogP contribution is 2.08. The lowest BCUT2D eigenvalue weighted by molar-refractivity contribution is -0.139. The highest BCUT2D eigenvalue weighted by molar-refractivity contribution is 7.80. The van der Waals surface area contributed by atoms with Gasteiger partial charge in [0.05, 0.1) is 0 Å². The van der Waals surface area contributed by atoms with Crippen molar-refractivity contribution in [1.29, 1.82) is 0 Å². The summed E-state index contributed by atoms with van der Waals surface area (Å²) in [5, 5.41) is 27.5. The average Bonchev–Trinajstić information content (AvgIpc) is 2.43. The Bertz CT molecular complexity index is 300. The molecule has 1 unspecified atom stereocenters. The van der Waals surface area contributed by atoms with Crippen molar-refractivity contribution in [3.63, 3.8) is 0 Å². The third kappa shape index (κ3) is 18.7. The van der Waals surface area contributed by atoms with Crippen LogP contribution in [0.25, 0.3) is 0 Å². The first kappa shape index (κ1) is 23.0. The van der Waals surface area contributed by atoms with Crippen LogP contribution in [0.2, 0.25) is 0 Å². The molecular formula is C14H27NO6S. The lowest BCUT2D eigenvalue weighted by Crippen LogP contribution is -2.35. The maximum absolute atomic E-state index is 10.1. The van der Waals surface area contributed by atoms with Gasteiger partial charge in [-0.2, -0.15) is 12.6 Å². The molecule has 0 aromatic rings. The van der Waals surface area contributed by atoms with Crippen LogP contribution in [0.1, 0.15) is 51.4 Å². The molecule has 130 valence electrons. The van der Waals surface area contributed by atoms with Gasteiger partial charge in [-0.05, 0) is 19.9 Å². The fourth-order valence-corrected chi connectivity index (χ4v) is 1.89. The van der Waals surface area contributed by atoms with Crippen molar-refractivity contribution in [2.75, 3.05) is 12.8 Å². The standard InChI is InChI=1S/C10H18O4.C4H9NO2S/c11-9(12)7-5-3-1-2-4-6-8-10(13)14;1-5-3(2-8)4(6)7/h1-8H2,(H,11,12)(H,13,14);3,5,8H,2H2,1H3,(H,6,7). The summed E-state index contributed by atoms with van der Waals surface area (Å²) in [6, 6.07) is -0.515. The van der Waals surface area contributed by atoms with Gasteiger partial charge in [0.25, 0.3) is 0 Å². The van der Waals surface area contributed by atoms with E-state index in [1.165, 1.54) is 0 Å². The first-order valence-electron chi connectivity index (χ1n) is 7.29. The monoisotopic (exact) mass is 337 g/mol. The Balaban J connectivity index is 0. The van der Waals surface area contributed by atoms with Gasteiger partial charge in [0.1, 0.15) is 6.04 Å². The molecular weight excluding hydrogens is 310 g/mol. The van der Waals surface area contributed by atoms with Gasteiger partial charge < -0.3 is 20.6 Å². The average molecular weight is 337 g/mol. The number of thiol groups is 1. The Labute approximate surface area is 136 Å². The number of carboxylic acid groups (broad SMARTS) is 3. The highest BCUT2D eigenvalue weighted by atomic mass is 32.1. The van der Waals surface area contributed by atoms with Crippen LogP contribution < -0.4 is 5.32 Å². The van der Waals surface area contributed by atoms with Crippen molar-refractivity contribution in [2.24, 2.45) is 0 Å². The quantitative estimate of drug-likeness (QED) is 0.272. The van der Waals surface area contributed by atoms with E-state index < -0.39 is 23.9 Å². The number of aliphatic carboxylic acids is 3. The van der Waals surface area contributed by atoms with Crippen LogP contribution in [0.5, 0.6) is 0 Å². The molecule has 0 radical (unpaired) electrons. The van der Waals surface area contributed by atoms with E-state index in [-0.39, 0.29) is 12.8 Å². The molecule has 0 rings (SSSR count). The van der Waals surface area contributed by atoms with Crippen LogP contribution in [0, 0.1) is 0 Å². The zero-order chi connectivity index (χ0) is 17.4. The fraction of sp³-hybridized carbons (Fsp3) is 0.786. The number of carboxylic acids is 3. The first-order valence-corrected chi connectivity index (χ1v) is 7.92. The summed E-state index contributed by atoms with van der Waals surface area (Å²) in [5.74, 6) is -2.01. The van der Waals surface area contributed by atoms with Crippen molar-refractivity contribution < 1.29 is 29.7 Å².